The van der Waals surface area contributed by atoms with E-state index in [1.807, 2.05) is 0 Å². The predicted octanol–water partition coefficient (Wildman–Crippen LogP) is 2.49. The highest BCUT2D eigenvalue weighted by Crippen LogP contribution is 2.49. The lowest BCUT2D eigenvalue weighted by Gasteiger charge is -2.38. The molecular weight excluding hydrogens is 196 g/mol. The van der Waals surface area contributed by atoms with E-state index in [4.69, 9.17) is 0 Å². The Bertz CT molecular complexity index is 237. The van der Waals surface area contributed by atoms with E-state index >= 15 is 0 Å². The molecule has 2 nitrogen and oxygen atoms in total. The summed E-state index contributed by atoms with van der Waals surface area (Å²) < 4.78 is 0. The monoisotopic (exact) mass is 224 g/mol. The summed E-state index contributed by atoms with van der Waals surface area (Å²) in [4.78, 5) is 2.73. The highest BCUT2D eigenvalue weighted by molar-refractivity contribution is 5.04. The van der Waals surface area contributed by atoms with Crippen molar-refractivity contribution < 1.29 is 0 Å². The standard InChI is InChI=1S/C14H28N2/c1-5-7-15-12-6-8-16(10-11(12)2)13-9-14(13,3)4/h11-13,15H,5-10H2,1-4H3. The van der Waals surface area contributed by atoms with Crippen LogP contribution in [0, 0.1) is 11.3 Å². The van der Waals surface area contributed by atoms with Crippen molar-refractivity contribution in [1.82, 2.24) is 10.2 Å². The summed E-state index contributed by atoms with van der Waals surface area (Å²) in [5, 5.41) is 3.69. The number of hydrogen-bond acceptors (Lipinski definition) is 2. The van der Waals surface area contributed by atoms with Crippen LogP contribution in [-0.4, -0.2) is 36.6 Å². The van der Waals surface area contributed by atoms with Crippen molar-refractivity contribution in [2.75, 3.05) is 19.6 Å². The van der Waals surface area contributed by atoms with E-state index in [9.17, 15) is 0 Å². The Morgan fingerprint density at radius 2 is 2.06 bits per heavy atom. The van der Waals surface area contributed by atoms with E-state index < -0.39 is 0 Å². The number of rotatable bonds is 4. The predicted molar refractivity (Wildman–Crippen MR) is 69.6 cm³/mol. The maximum Gasteiger partial charge on any atom is 0.0153 e. The lowest BCUT2D eigenvalue weighted by Crippen LogP contribution is -2.49. The van der Waals surface area contributed by atoms with Crippen molar-refractivity contribution in [2.24, 2.45) is 11.3 Å². The Hall–Kier alpha value is -0.0800. The minimum Gasteiger partial charge on any atom is -0.314 e. The third kappa shape index (κ3) is 2.60. The van der Waals surface area contributed by atoms with Crippen LogP contribution < -0.4 is 5.32 Å². The first-order valence-electron chi connectivity index (χ1n) is 7.02. The number of nitrogens with one attached hydrogen (secondary N) is 1. The molecule has 2 aliphatic rings. The first kappa shape index (κ1) is 12.4. The van der Waals surface area contributed by atoms with E-state index in [1.165, 1.54) is 38.9 Å². The van der Waals surface area contributed by atoms with Crippen LogP contribution in [0.1, 0.15) is 47.0 Å². The number of nitrogens with zero attached hydrogens (tertiary/aromatic N) is 1. The Morgan fingerprint density at radius 3 is 2.56 bits per heavy atom. The van der Waals surface area contributed by atoms with E-state index in [1.54, 1.807) is 0 Å². The highest BCUT2D eigenvalue weighted by atomic mass is 15.2. The summed E-state index contributed by atoms with van der Waals surface area (Å²) in [6, 6.07) is 1.64. The molecule has 1 heterocycles. The molecule has 0 bridgehead atoms. The van der Waals surface area contributed by atoms with Crippen molar-refractivity contribution in [1.29, 1.82) is 0 Å². The molecule has 0 amide bonds. The molecule has 2 fully saturated rings. The SMILES string of the molecule is CCCNC1CCN(C2CC2(C)C)CC1C. The van der Waals surface area contributed by atoms with Gasteiger partial charge in [-0.05, 0) is 43.7 Å². The molecule has 0 aromatic heterocycles. The maximum absolute atomic E-state index is 3.69. The minimum absolute atomic E-state index is 0.601. The molecule has 3 atom stereocenters. The van der Waals surface area contributed by atoms with Gasteiger partial charge in [0, 0.05) is 18.6 Å². The first-order valence-corrected chi connectivity index (χ1v) is 7.02. The molecule has 2 rings (SSSR count). The molecule has 1 aliphatic heterocycles. The third-order valence-corrected chi connectivity index (χ3v) is 4.50. The zero-order chi connectivity index (χ0) is 11.8. The molecule has 2 heteroatoms. The van der Waals surface area contributed by atoms with E-state index in [0.29, 0.717) is 5.41 Å². The van der Waals surface area contributed by atoms with E-state index in [0.717, 1.165) is 18.0 Å². The molecule has 94 valence electrons. The average molecular weight is 224 g/mol. The normalized spacial score (nSPS) is 38.6. The quantitative estimate of drug-likeness (QED) is 0.789. The van der Waals surface area contributed by atoms with Crippen LogP contribution in [0.2, 0.25) is 0 Å². The topological polar surface area (TPSA) is 15.3 Å². The van der Waals surface area contributed by atoms with Crippen LogP contribution in [0.4, 0.5) is 0 Å². The fourth-order valence-electron chi connectivity index (χ4n) is 3.16. The lowest BCUT2D eigenvalue weighted by molar-refractivity contribution is 0.128. The minimum atomic E-state index is 0.601. The van der Waals surface area contributed by atoms with Crippen LogP contribution in [0.15, 0.2) is 0 Å². The second-order valence-electron chi connectivity index (χ2n) is 6.53. The fraction of sp³-hybridized carbons (Fsp3) is 1.00. The lowest BCUT2D eigenvalue weighted by atomic mass is 9.93. The van der Waals surface area contributed by atoms with Crippen LogP contribution in [0.5, 0.6) is 0 Å². The van der Waals surface area contributed by atoms with Gasteiger partial charge in [0.05, 0.1) is 0 Å². The Kier molecular flexibility index (Phi) is 3.60. The van der Waals surface area contributed by atoms with Crippen LogP contribution in [-0.2, 0) is 0 Å². The Morgan fingerprint density at radius 1 is 1.38 bits per heavy atom. The summed E-state index contributed by atoms with van der Waals surface area (Å²) in [6.07, 6.45) is 4.00. The molecule has 0 aromatic carbocycles. The number of hydrogen-bond donors (Lipinski definition) is 1. The molecule has 16 heavy (non-hydrogen) atoms. The Balaban J connectivity index is 1.79. The summed E-state index contributed by atoms with van der Waals surface area (Å²) in [5.74, 6) is 0.816. The smallest absolute Gasteiger partial charge is 0.0153 e. The Labute approximate surface area is 101 Å². The molecule has 1 aliphatic carbocycles. The molecular formula is C14H28N2. The van der Waals surface area contributed by atoms with E-state index in [-0.39, 0.29) is 0 Å². The van der Waals surface area contributed by atoms with Crippen molar-refractivity contribution in [3.63, 3.8) is 0 Å². The zero-order valence-electron chi connectivity index (χ0n) is 11.4. The van der Waals surface area contributed by atoms with Gasteiger partial charge in [-0.25, -0.2) is 0 Å². The summed E-state index contributed by atoms with van der Waals surface area (Å²) in [7, 11) is 0. The van der Waals surface area contributed by atoms with Gasteiger partial charge in [-0.3, -0.25) is 4.90 Å². The maximum atomic E-state index is 3.69. The second kappa shape index (κ2) is 4.66. The zero-order valence-corrected chi connectivity index (χ0v) is 11.4. The molecule has 1 saturated carbocycles. The summed E-state index contributed by atoms with van der Waals surface area (Å²) in [6.45, 7) is 13.3. The van der Waals surface area contributed by atoms with Crippen molar-refractivity contribution in [3.05, 3.63) is 0 Å². The van der Waals surface area contributed by atoms with Gasteiger partial charge >= 0.3 is 0 Å². The van der Waals surface area contributed by atoms with Gasteiger partial charge in [0.1, 0.15) is 0 Å². The average Bonchev–Trinajstić information content (AvgIpc) is 2.86. The van der Waals surface area contributed by atoms with Gasteiger partial charge in [0.15, 0.2) is 0 Å². The molecule has 1 N–H and O–H groups in total. The molecule has 1 saturated heterocycles. The van der Waals surface area contributed by atoms with Gasteiger partial charge in [-0.1, -0.05) is 27.7 Å². The van der Waals surface area contributed by atoms with Crippen molar-refractivity contribution >= 4 is 0 Å². The van der Waals surface area contributed by atoms with Gasteiger partial charge in [-0.15, -0.1) is 0 Å². The van der Waals surface area contributed by atoms with Gasteiger partial charge in [0.2, 0.25) is 0 Å². The number of piperidine rings is 1. The first-order chi connectivity index (χ1) is 7.54. The number of likely N-dealkylation sites (tertiary alicyclic amines) is 1. The van der Waals surface area contributed by atoms with Gasteiger partial charge in [0.25, 0.3) is 0 Å². The fourth-order valence-corrected chi connectivity index (χ4v) is 3.16. The van der Waals surface area contributed by atoms with Crippen LogP contribution in [0.3, 0.4) is 0 Å². The molecule has 3 unspecified atom stereocenters. The van der Waals surface area contributed by atoms with Gasteiger partial charge in [-0.2, -0.15) is 0 Å². The van der Waals surface area contributed by atoms with Crippen molar-refractivity contribution in [2.45, 2.75) is 59.0 Å². The summed E-state index contributed by atoms with van der Waals surface area (Å²) >= 11 is 0. The van der Waals surface area contributed by atoms with E-state index in [2.05, 4.69) is 37.9 Å². The summed E-state index contributed by atoms with van der Waals surface area (Å²) in [5.41, 5.74) is 0.601. The van der Waals surface area contributed by atoms with Gasteiger partial charge < -0.3 is 5.32 Å². The van der Waals surface area contributed by atoms with Crippen LogP contribution in [0.25, 0.3) is 0 Å². The molecule has 0 radical (unpaired) electrons. The molecule has 0 aromatic rings. The second-order valence-corrected chi connectivity index (χ2v) is 6.53. The molecule has 0 spiro atoms. The van der Waals surface area contributed by atoms with Crippen molar-refractivity contribution in [3.8, 4) is 0 Å². The largest absolute Gasteiger partial charge is 0.314 e. The highest BCUT2D eigenvalue weighted by Gasteiger charge is 2.50. The third-order valence-electron chi connectivity index (χ3n) is 4.50. The van der Waals surface area contributed by atoms with Crippen LogP contribution >= 0.6 is 0 Å².